The van der Waals surface area contributed by atoms with Gasteiger partial charge in [0.25, 0.3) is 5.91 Å². The minimum atomic E-state index is -0.266. The Morgan fingerprint density at radius 2 is 2.12 bits per heavy atom. The van der Waals surface area contributed by atoms with Crippen LogP contribution >= 0.6 is 11.3 Å². The molecule has 1 fully saturated rings. The first-order chi connectivity index (χ1) is 12.1. The van der Waals surface area contributed by atoms with Gasteiger partial charge in [0.05, 0.1) is 11.1 Å². The van der Waals surface area contributed by atoms with Gasteiger partial charge in [0.15, 0.2) is 0 Å². The summed E-state index contributed by atoms with van der Waals surface area (Å²) in [5.74, 6) is 0.267. The highest BCUT2D eigenvalue weighted by atomic mass is 32.1. The van der Waals surface area contributed by atoms with Crippen LogP contribution in [-0.4, -0.2) is 33.7 Å². The Kier molecular flexibility index (Phi) is 4.29. The lowest BCUT2D eigenvalue weighted by atomic mass is 9.91. The van der Waals surface area contributed by atoms with E-state index in [-0.39, 0.29) is 11.7 Å². The van der Waals surface area contributed by atoms with Crippen LogP contribution in [0.3, 0.4) is 0 Å². The van der Waals surface area contributed by atoms with E-state index in [1.165, 1.54) is 29.0 Å². The third kappa shape index (κ3) is 3.18. The summed E-state index contributed by atoms with van der Waals surface area (Å²) < 4.78 is 16.2. The Morgan fingerprint density at radius 1 is 1.32 bits per heavy atom. The van der Waals surface area contributed by atoms with E-state index >= 15 is 0 Å². The molecule has 0 bridgehead atoms. The SMILES string of the molecule is CCn1cc(C2CCN(C(=O)c3cc4cc(F)ccc4s3)CC2)cn1. The van der Waals surface area contributed by atoms with Gasteiger partial charge in [-0.2, -0.15) is 5.10 Å². The molecule has 130 valence electrons. The monoisotopic (exact) mass is 357 g/mol. The first-order valence-electron chi connectivity index (χ1n) is 8.65. The number of thiophene rings is 1. The Hall–Kier alpha value is -2.21. The molecule has 0 radical (unpaired) electrons. The maximum atomic E-state index is 13.3. The van der Waals surface area contributed by atoms with Crippen molar-refractivity contribution in [2.75, 3.05) is 13.1 Å². The van der Waals surface area contributed by atoms with E-state index in [1.54, 1.807) is 6.07 Å². The molecule has 2 aromatic heterocycles. The summed E-state index contributed by atoms with van der Waals surface area (Å²) in [5.41, 5.74) is 1.27. The molecule has 0 unspecified atom stereocenters. The second kappa shape index (κ2) is 6.59. The third-order valence-electron chi connectivity index (χ3n) is 4.92. The predicted octanol–water partition coefficient (Wildman–Crippen LogP) is 4.28. The number of fused-ring (bicyclic) bond motifs is 1. The van der Waals surface area contributed by atoms with Crippen molar-refractivity contribution in [1.29, 1.82) is 0 Å². The number of aromatic nitrogens is 2. The zero-order valence-electron chi connectivity index (χ0n) is 14.1. The Bertz CT molecular complexity index is 908. The van der Waals surface area contributed by atoms with Crippen molar-refractivity contribution in [3.05, 3.63) is 52.9 Å². The van der Waals surface area contributed by atoms with Gasteiger partial charge in [-0.3, -0.25) is 9.48 Å². The van der Waals surface area contributed by atoms with Crippen LogP contribution in [0, 0.1) is 5.82 Å². The minimum absolute atomic E-state index is 0.0595. The van der Waals surface area contributed by atoms with Crippen molar-refractivity contribution in [3.63, 3.8) is 0 Å². The first kappa shape index (κ1) is 16.3. The molecule has 3 aromatic rings. The summed E-state index contributed by atoms with van der Waals surface area (Å²) in [4.78, 5) is 15.4. The van der Waals surface area contributed by atoms with Gasteiger partial charge in [0.1, 0.15) is 5.82 Å². The summed E-state index contributed by atoms with van der Waals surface area (Å²) >= 11 is 1.44. The summed E-state index contributed by atoms with van der Waals surface area (Å²) in [6, 6.07) is 6.47. The fourth-order valence-electron chi connectivity index (χ4n) is 3.45. The molecule has 1 saturated heterocycles. The molecule has 0 aliphatic carbocycles. The van der Waals surface area contributed by atoms with Gasteiger partial charge in [0.2, 0.25) is 0 Å². The van der Waals surface area contributed by atoms with Crippen molar-refractivity contribution in [2.24, 2.45) is 0 Å². The van der Waals surface area contributed by atoms with Gasteiger partial charge in [-0.15, -0.1) is 11.3 Å². The molecule has 0 saturated carbocycles. The molecule has 1 aliphatic heterocycles. The number of halogens is 1. The molecule has 0 spiro atoms. The number of aryl methyl sites for hydroxylation is 1. The van der Waals surface area contributed by atoms with E-state index in [9.17, 15) is 9.18 Å². The van der Waals surface area contributed by atoms with Crippen LogP contribution in [0.5, 0.6) is 0 Å². The maximum Gasteiger partial charge on any atom is 0.263 e. The van der Waals surface area contributed by atoms with Crippen molar-refractivity contribution in [3.8, 4) is 0 Å². The molecule has 1 amide bonds. The molecule has 4 rings (SSSR count). The number of benzene rings is 1. The molecule has 25 heavy (non-hydrogen) atoms. The molecule has 4 nitrogen and oxygen atoms in total. The summed E-state index contributed by atoms with van der Waals surface area (Å²) in [7, 11) is 0. The number of piperidine rings is 1. The smallest absolute Gasteiger partial charge is 0.263 e. The number of carbonyl (C=O) groups is 1. The Morgan fingerprint density at radius 3 is 2.84 bits per heavy atom. The van der Waals surface area contributed by atoms with Crippen molar-refractivity contribution in [1.82, 2.24) is 14.7 Å². The molecule has 1 aromatic carbocycles. The highest BCUT2D eigenvalue weighted by molar-refractivity contribution is 7.20. The molecule has 3 heterocycles. The minimum Gasteiger partial charge on any atom is -0.338 e. The lowest BCUT2D eigenvalue weighted by Crippen LogP contribution is -2.37. The van der Waals surface area contributed by atoms with E-state index < -0.39 is 0 Å². The van der Waals surface area contributed by atoms with E-state index in [0.29, 0.717) is 10.8 Å². The van der Waals surface area contributed by atoms with Crippen molar-refractivity contribution >= 4 is 27.3 Å². The summed E-state index contributed by atoms with van der Waals surface area (Å²) in [5, 5.41) is 5.15. The number of nitrogens with zero attached hydrogens (tertiary/aromatic N) is 3. The average molecular weight is 357 g/mol. The van der Waals surface area contributed by atoms with Crippen LogP contribution in [0.4, 0.5) is 4.39 Å². The number of carbonyl (C=O) groups excluding carboxylic acids is 1. The quantitative estimate of drug-likeness (QED) is 0.702. The lowest BCUT2D eigenvalue weighted by Gasteiger charge is -2.31. The highest BCUT2D eigenvalue weighted by Gasteiger charge is 2.26. The molecule has 6 heteroatoms. The second-order valence-electron chi connectivity index (χ2n) is 6.49. The molecular formula is C19H20FN3OS. The second-order valence-corrected chi connectivity index (χ2v) is 7.57. The van der Waals surface area contributed by atoms with Gasteiger partial charge in [0, 0.05) is 30.5 Å². The standard InChI is InChI=1S/C19H20FN3OS/c1-2-23-12-15(11-21-23)13-5-7-22(8-6-13)19(24)18-10-14-9-16(20)3-4-17(14)25-18/h3-4,9-13H,2,5-8H2,1H3. The number of rotatable bonds is 3. The number of hydrogen-bond donors (Lipinski definition) is 0. The van der Waals surface area contributed by atoms with Crippen LogP contribution in [-0.2, 0) is 6.54 Å². The number of likely N-dealkylation sites (tertiary alicyclic amines) is 1. The molecule has 1 aliphatic rings. The molecule has 0 N–H and O–H groups in total. The fraction of sp³-hybridized carbons (Fsp3) is 0.368. The van der Waals surface area contributed by atoms with Crippen LogP contribution in [0.15, 0.2) is 36.7 Å². The van der Waals surface area contributed by atoms with E-state index in [0.717, 1.165) is 42.6 Å². The predicted molar refractivity (Wildman–Crippen MR) is 97.6 cm³/mol. The van der Waals surface area contributed by atoms with Gasteiger partial charge >= 0.3 is 0 Å². The third-order valence-corrected chi connectivity index (χ3v) is 6.02. The van der Waals surface area contributed by atoms with Crippen LogP contribution < -0.4 is 0 Å². The van der Waals surface area contributed by atoms with Crippen LogP contribution in [0.2, 0.25) is 0 Å². The highest BCUT2D eigenvalue weighted by Crippen LogP contribution is 2.31. The fourth-order valence-corrected chi connectivity index (χ4v) is 4.47. The lowest BCUT2D eigenvalue weighted by molar-refractivity contribution is 0.0718. The zero-order chi connectivity index (χ0) is 17.4. The van der Waals surface area contributed by atoms with Crippen molar-refractivity contribution < 1.29 is 9.18 Å². The van der Waals surface area contributed by atoms with E-state index in [1.807, 2.05) is 21.8 Å². The first-order valence-corrected chi connectivity index (χ1v) is 9.46. The normalized spacial score (nSPS) is 15.8. The van der Waals surface area contributed by atoms with Gasteiger partial charge in [-0.05, 0) is 60.9 Å². The van der Waals surface area contributed by atoms with E-state index in [2.05, 4.69) is 18.2 Å². The van der Waals surface area contributed by atoms with Gasteiger partial charge < -0.3 is 4.90 Å². The zero-order valence-corrected chi connectivity index (χ0v) is 14.9. The average Bonchev–Trinajstić information content (AvgIpc) is 3.27. The van der Waals surface area contributed by atoms with Crippen LogP contribution in [0.1, 0.15) is 40.9 Å². The van der Waals surface area contributed by atoms with Gasteiger partial charge in [-0.1, -0.05) is 0 Å². The summed E-state index contributed by atoms with van der Waals surface area (Å²) in [6.07, 6.45) is 5.98. The topological polar surface area (TPSA) is 38.1 Å². The summed E-state index contributed by atoms with van der Waals surface area (Å²) in [6.45, 7) is 4.46. The van der Waals surface area contributed by atoms with Gasteiger partial charge in [-0.25, -0.2) is 4.39 Å². The Balaban J connectivity index is 1.45. The Labute approximate surface area is 149 Å². The van der Waals surface area contributed by atoms with Crippen molar-refractivity contribution in [2.45, 2.75) is 32.2 Å². The largest absolute Gasteiger partial charge is 0.338 e. The number of amides is 1. The van der Waals surface area contributed by atoms with Crippen LogP contribution in [0.25, 0.3) is 10.1 Å². The maximum absolute atomic E-state index is 13.3. The van der Waals surface area contributed by atoms with E-state index in [4.69, 9.17) is 0 Å². The molecule has 0 atom stereocenters. The molecular weight excluding hydrogens is 337 g/mol. The number of hydrogen-bond acceptors (Lipinski definition) is 3.